The van der Waals surface area contributed by atoms with Gasteiger partial charge < -0.3 is 34.4 Å². The van der Waals surface area contributed by atoms with Crippen molar-refractivity contribution in [2.45, 2.75) is 31.7 Å². The van der Waals surface area contributed by atoms with Crippen LogP contribution in [0, 0.1) is 0 Å². The average Bonchev–Trinajstić information content (AvgIpc) is 2.89. The number of carboxylic acid groups (broad SMARTS) is 1. The molecule has 2 aliphatic rings. The smallest absolute Gasteiger partial charge is 0.305 e. The Morgan fingerprint density at radius 2 is 1.49 bits per heavy atom. The molecule has 1 unspecified atom stereocenters. The zero-order valence-electron chi connectivity index (χ0n) is 21.0. The third-order valence-electron chi connectivity index (χ3n) is 6.11. The molecule has 1 aromatic rings. The molecule has 2 aliphatic heterocycles. The maximum atomic E-state index is 12.5. The lowest BCUT2D eigenvalue weighted by Crippen LogP contribution is -2.49. The Bertz CT molecular complexity index is 902. The number of hydrogen-bond donors (Lipinski definition) is 3. The number of carbonyl (C=O) groups is 4. The van der Waals surface area contributed by atoms with Gasteiger partial charge in [0.05, 0.1) is 52.5 Å². The fraction of sp³-hybridized carbons (Fsp3) is 0.600. The van der Waals surface area contributed by atoms with Gasteiger partial charge in [-0.15, -0.1) is 0 Å². The number of hydrogen-bond acceptors (Lipinski definition) is 9. The van der Waals surface area contributed by atoms with Crippen molar-refractivity contribution < 1.29 is 38.5 Å². The molecular formula is C25H36N4O8. The number of piperazine rings is 1. The molecule has 2 heterocycles. The molecule has 37 heavy (non-hydrogen) atoms. The van der Waals surface area contributed by atoms with Crippen molar-refractivity contribution in [2.75, 3.05) is 76.0 Å². The van der Waals surface area contributed by atoms with Crippen LogP contribution in [0.15, 0.2) is 24.3 Å². The lowest BCUT2D eigenvalue weighted by molar-refractivity contribution is -0.138. The number of anilines is 2. The van der Waals surface area contributed by atoms with Crippen molar-refractivity contribution in [3.63, 3.8) is 0 Å². The van der Waals surface area contributed by atoms with Gasteiger partial charge in [0.1, 0.15) is 6.04 Å². The van der Waals surface area contributed by atoms with E-state index in [2.05, 4.69) is 15.5 Å². The summed E-state index contributed by atoms with van der Waals surface area (Å²) in [7, 11) is 0. The van der Waals surface area contributed by atoms with E-state index in [0.717, 1.165) is 24.5 Å². The largest absolute Gasteiger partial charge is 0.481 e. The zero-order valence-corrected chi connectivity index (χ0v) is 21.0. The number of rotatable bonds is 15. The van der Waals surface area contributed by atoms with Crippen LogP contribution in [0.4, 0.5) is 11.4 Å². The van der Waals surface area contributed by atoms with Crippen LogP contribution in [0.3, 0.4) is 0 Å². The van der Waals surface area contributed by atoms with E-state index in [9.17, 15) is 19.2 Å². The van der Waals surface area contributed by atoms with E-state index in [4.69, 9.17) is 19.3 Å². The van der Waals surface area contributed by atoms with Crippen LogP contribution in [-0.2, 0) is 33.4 Å². The van der Waals surface area contributed by atoms with Crippen LogP contribution in [0.5, 0.6) is 0 Å². The molecule has 0 spiro atoms. The fourth-order valence-electron chi connectivity index (χ4n) is 4.03. The number of nitrogens with zero attached hydrogens (tertiary/aromatic N) is 2. The number of piperidine rings is 1. The SMILES string of the molecule is O=C(O)CCOCCOCCOCCC(=O)N1CCN(c2ccc(NC3CCC(=O)NC3=O)cc2)CC1. The molecule has 3 rings (SSSR count). The van der Waals surface area contributed by atoms with Gasteiger partial charge in [0.15, 0.2) is 0 Å². The van der Waals surface area contributed by atoms with Gasteiger partial charge in [-0.3, -0.25) is 24.5 Å². The summed E-state index contributed by atoms with van der Waals surface area (Å²) >= 11 is 0. The number of aliphatic carboxylic acids is 1. The molecule has 12 nitrogen and oxygen atoms in total. The Balaban J connectivity index is 1.24. The fourth-order valence-corrected chi connectivity index (χ4v) is 4.03. The predicted molar refractivity (Wildman–Crippen MR) is 134 cm³/mol. The first kappa shape index (κ1) is 28.4. The highest BCUT2D eigenvalue weighted by molar-refractivity contribution is 6.01. The second kappa shape index (κ2) is 15.1. The summed E-state index contributed by atoms with van der Waals surface area (Å²) in [5, 5.41) is 14.0. The second-order valence-electron chi connectivity index (χ2n) is 8.79. The summed E-state index contributed by atoms with van der Waals surface area (Å²) in [5.41, 5.74) is 1.87. The number of carbonyl (C=O) groups excluding carboxylic acids is 3. The van der Waals surface area contributed by atoms with E-state index in [0.29, 0.717) is 65.4 Å². The highest BCUT2D eigenvalue weighted by Crippen LogP contribution is 2.21. The first-order valence-electron chi connectivity index (χ1n) is 12.6. The van der Waals surface area contributed by atoms with Crippen LogP contribution in [0.1, 0.15) is 25.7 Å². The minimum absolute atomic E-state index is 0.0226. The van der Waals surface area contributed by atoms with Crippen LogP contribution < -0.4 is 15.5 Å². The molecule has 12 heteroatoms. The van der Waals surface area contributed by atoms with Crippen molar-refractivity contribution in [2.24, 2.45) is 0 Å². The van der Waals surface area contributed by atoms with E-state index in [1.807, 2.05) is 29.2 Å². The van der Waals surface area contributed by atoms with E-state index >= 15 is 0 Å². The van der Waals surface area contributed by atoms with Gasteiger partial charge in [0.25, 0.3) is 0 Å². The number of nitrogens with one attached hydrogen (secondary N) is 2. The monoisotopic (exact) mass is 520 g/mol. The number of ether oxygens (including phenoxy) is 3. The third-order valence-corrected chi connectivity index (χ3v) is 6.11. The standard InChI is InChI=1S/C25H36N4O8/c30-22-6-5-21(25(34)27-22)26-19-1-3-20(4-2-19)28-9-11-29(12-10-28)23(31)7-13-35-15-17-37-18-16-36-14-8-24(32)33/h1-4,21,26H,5-18H2,(H,32,33)(H,27,30,34). The summed E-state index contributed by atoms with van der Waals surface area (Å²) in [5.74, 6) is -1.35. The minimum Gasteiger partial charge on any atom is -0.481 e. The van der Waals surface area contributed by atoms with E-state index in [-0.39, 0.29) is 30.7 Å². The highest BCUT2D eigenvalue weighted by Gasteiger charge is 2.26. The lowest BCUT2D eigenvalue weighted by Gasteiger charge is -2.36. The van der Waals surface area contributed by atoms with Gasteiger partial charge >= 0.3 is 5.97 Å². The third kappa shape index (κ3) is 9.98. The highest BCUT2D eigenvalue weighted by atomic mass is 16.5. The van der Waals surface area contributed by atoms with Crippen molar-refractivity contribution in [1.82, 2.24) is 10.2 Å². The Hall–Kier alpha value is -3.22. The van der Waals surface area contributed by atoms with Crippen molar-refractivity contribution >= 4 is 35.1 Å². The maximum absolute atomic E-state index is 12.5. The van der Waals surface area contributed by atoms with Crippen LogP contribution >= 0.6 is 0 Å². The molecular weight excluding hydrogens is 484 g/mol. The lowest BCUT2D eigenvalue weighted by atomic mass is 10.1. The van der Waals surface area contributed by atoms with Crippen LogP contribution in [-0.4, -0.2) is 106 Å². The first-order valence-corrected chi connectivity index (χ1v) is 12.6. The van der Waals surface area contributed by atoms with Gasteiger partial charge in [-0.1, -0.05) is 0 Å². The summed E-state index contributed by atoms with van der Waals surface area (Å²) in [6.07, 6.45) is 1.11. The minimum atomic E-state index is -0.890. The van der Waals surface area contributed by atoms with Gasteiger partial charge in [0.2, 0.25) is 17.7 Å². The van der Waals surface area contributed by atoms with Crippen LogP contribution in [0.25, 0.3) is 0 Å². The maximum Gasteiger partial charge on any atom is 0.305 e. The molecule has 0 aromatic heterocycles. The quantitative estimate of drug-likeness (QED) is 0.220. The Labute approximate surface area is 216 Å². The summed E-state index contributed by atoms with van der Waals surface area (Å²) < 4.78 is 15.9. The normalized spacial score (nSPS) is 18.0. The predicted octanol–water partition coefficient (Wildman–Crippen LogP) is 0.467. The summed E-state index contributed by atoms with van der Waals surface area (Å²) in [4.78, 5) is 50.1. The molecule has 0 aliphatic carbocycles. The molecule has 0 saturated carbocycles. The molecule has 3 amide bonds. The summed E-state index contributed by atoms with van der Waals surface area (Å²) in [6, 6.07) is 7.41. The number of carboxylic acids is 1. The molecule has 2 saturated heterocycles. The molecule has 0 bridgehead atoms. The Morgan fingerprint density at radius 3 is 2.08 bits per heavy atom. The van der Waals surface area contributed by atoms with Gasteiger partial charge in [-0.05, 0) is 30.7 Å². The van der Waals surface area contributed by atoms with Gasteiger partial charge in [-0.2, -0.15) is 0 Å². The number of imide groups is 1. The van der Waals surface area contributed by atoms with Gasteiger partial charge in [-0.25, -0.2) is 0 Å². The van der Waals surface area contributed by atoms with Crippen LogP contribution in [0.2, 0.25) is 0 Å². The Kier molecular flexibility index (Phi) is 11.6. The molecule has 204 valence electrons. The molecule has 1 aromatic carbocycles. The molecule has 0 radical (unpaired) electrons. The number of amides is 3. The summed E-state index contributed by atoms with van der Waals surface area (Å²) in [6.45, 7) is 4.71. The Morgan fingerprint density at radius 1 is 0.892 bits per heavy atom. The van der Waals surface area contributed by atoms with Gasteiger partial charge in [0, 0.05) is 44.0 Å². The van der Waals surface area contributed by atoms with Crippen molar-refractivity contribution in [1.29, 1.82) is 0 Å². The number of benzene rings is 1. The van der Waals surface area contributed by atoms with Crippen molar-refractivity contribution in [3.05, 3.63) is 24.3 Å². The van der Waals surface area contributed by atoms with Crippen molar-refractivity contribution in [3.8, 4) is 0 Å². The molecule has 3 N–H and O–H groups in total. The van der Waals surface area contributed by atoms with E-state index in [1.54, 1.807) is 0 Å². The first-order chi connectivity index (χ1) is 17.9. The topological polar surface area (TPSA) is 147 Å². The second-order valence-corrected chi connectivity index (χ2v) is 8.79. The molecule has 1 atom stereocenters. The average molecular weight is 521 g/mol. The van der Waals surface area contributed by atoms with E-state index < -0.39 is 12.0 Å². The molecule has 2 fully saturated rings. The van der Waals surface area contributed by atoms with E-state index in [1.165, 1.54) is 0 Å². The zero-order chi connectivity index (χ0) is 26.5.